The van der Waals surface area contributed by atoms with Gasteiger partial charge in [-0.2, -0.15) is 0 Å². The van der Waals surface area contributed by atoms with Crippen LogP contribution >= 0.6 is 0 Å². The molecular weight excluding hydrogens is 630 g/mol. The average molecular weight is 702 g/mol. The number of hydrogen-bond acceptors (Lipinski definition) is 7. The van der Waals surface area contributed by atoms with Gasteiger partial charge in [-0.05, 0) is 70.6 Å². The van der Waals surface area contributed by atoms with E-state index in [0.717, 1.165) is 83.5 Å². The second-order valence-electron chi connectivity index (χ2n) is 13.8. The van der Waals surface area contributed by atoms with Crippen LogP contribution in [0, 0.1) is 0 Å². The quantitative estimate of drug-likeness (QED) is 0.0293. The number of allylic oxidation sites excluding steroid dienone is 10. The van der Waals surface area contributed by atoms with Crippen molar-refractivity contribution < 1.29 is 38.2 Å². The van der Waals surface area contributed by atoms with E-state index >= 15 is 0 Å². The Morgan fingerprint density at radius 1 is 0.620 bits per heavy atom. The monoisotopic (exact) mass is 702 g/mol. The van der Waals surface area contributed by atoms with E-state index in [4.69, 9.17) is 14.2 Å². The Morgan fingerprint density at radius 3 is 1.68 bits per heavy atom. The van der Waals surface area contributed by atoms with Crippen LogP contribution in [-0.2, 0) is 28.6 Å². The van der Waals surface area contributed by atoms with E-state index in [2.05, 4.69) is 74.6 Å². The molecule has 50 heavy (non-hydrogen) atoms. The van der Waals surface area contributed by atoms with E-state index in [0.29, 0.717) is 12.8 Å². The molecule has 8 heteroatoms. The van der Waals surface area contributed by atoms with Crippen molar-refractivity contribution in [1.82, 2.24) is 0 Å². The van der Waals surface area contributed by atoms with Gasteiger partial charge in [0.15, 0.2) is 6.10 Å². The lowest BCUT2D eigenvalue weighted by molar-refractivity contribution is -0.889. The number of carbonyl (C=O) groups excluding carboxylic acids is 3. The highest BCUT2D eigenvalue weighted by atomic mass is 16.6. The molecule has 0 aliphatic heterocycles. The number of nitrogens with zero attached hydrogens (tertiary/aromatic N) is 1. The molecule has 0 radical (unpaired) electrons. The van der Waals surface area contributed by atoms with E-state index in [1.54, 1.807) is 21.1 Å². The first kappa shape index (κ1) is 47.0. The van der Waals surface area contributed by atoms with Gasteiger partial charge in [0, 0.05) is 19.3 Å². The summed E-state index contributed by atoms with van der Waals surface area (Å²) in [6, 6.07) is -0.734. The molecule has 0 rings (SSSR count). The van der Waals surface area contributed by atoms with Gasteiger partial charge in [0.25, 0.3) is 0 Å². The maximum absolute atomic E-state index is 12.6. The Hall–Kier alpha value is -2.97. The number of hydrogen-bond donors (Lipinski definition) is 0. The molecule has 0 aromatic heterocycles. The minimum absolute atomic E-state index is 0.0214. The zero-order valence-corrected chi connectivity index (χ0v) is 32.3. The smallest absolute Gasteiger partial charge is 0.306 e. The van der Waals surface area contributed by atoms with Crippen LogP contribution in [0.3, 0.4) is 0 Å². The summed E-state index contributed by atoms with van der Waals surface area (Å²) in [6.07, 6.45) is 38.2. The molecule has 0 aromatic carbocycles. The molecule has 286 valence electrons. The van der Waals surface area contributed by atoms with Crippen molar-refractivity contribution in [3.63, 3.8) is 0 Å². The van der Waals surface area contributed by atoms with Crippen molar-refractivity contribution in [2.24, 2.45) is 0 Å². The lowest BCUT2D eigenvalue weighted by Crippen LogP contribution is -2.55. The number of unbranched alkanes of at least 4 members (excludes halogenated alkanes) is 9. The third kappa shape index (κ3) is 31.0. The Kier molecular flexibility index (Phi) is 31.2. The topological polar surface area (TPSA) is 102 Å². The first-order valence-corrected chi connectivity index (χ1v) is 19.3. The van der Waals surface area contributed by atoms with E-state index in [1.807, 2.05) is 0 Å². The van der Waals surface area contributed by atoms with Crippen molar-refractivity contribution in [2.45, 2.75) is 148 Å². The van der Waals surface area contributed by atoms with E-state index < -0.39 is 18.1 Å². The van der Waals surface area contributed by atoms with Crippen LogP contribution in [0.1, 0.15) is 136 Å². The molecule has 0 aliphatic rings. The number of aliphatic carboxylic acids is 1. The predicted molar refractivity (Wildman–Crippen MR) is 203 cm³/mol. The fraction of sp³-hybridized carbons (Fsp3) is 0.690. The zero-order chi connectivity index (χ0) is 37.1. The maximum atomic E-state index is 12.6. The Balaban J connectivity index is 4.50. The summed E-state index contributed by atoms with van der Waals surface area (Å²) in [5.74, 6) is -1.81. The second-order valence-corrected chi connectivity index (χ2v) is 13.8. The maximum Gasteiger partial charge on any atom is 0.306 e. The Morgan fingerprint density at radius 2 is 1.12 bits per heavy atom. The molecule has 0 spiro atoms. The fourth-order valence-corrected chi connectivity index (χ4v) is 5.10. The van der Waals surface area contributed by atoms with Crippen molar-refractivity contribution >= 4 is 17.9 Å². The van der Waals surface area contributed by atoms with Crippen LogP contribution in [0.4, 0.5) is 0 Å². The highest BCUT2D eigenvalue weighted by molar-refractivity contribution is 5.70. The predicted octanol–water partition coefficient (Wildman–Crippen LogP) is 8.52. The standard InChI is InChI=1S/C42H71NO7/c1-6-8-10-12-14-16-18-19-20-21-22-23-25-27-29-31-33-41(45)50-38(36-48-35-34-39(42(46)47)43(3,4)5)37-49-40(44)32-30-28-26-24-17-15-13-11-9-7-2/h8,10,13-16,19-20,22-23,38-39H,6-7,9,11-12,17-18,21,24-37H2,1-5H3/b10-8+,15-13+,16-14+,20-19+,23-22+. The van der Waals surface area contributed by atoms with Crippen LogP contribution in [-0.4, -0.2) is 75.5 Å². The molecule has 0 saturated heterocycles. The van der Waals surface area contributed by atoms with Gasteiger partial charge in [-0.25, -0.2) is 0 Å². The molecule has 0 amide bonds. The number of carboxylic acid groups (broad SMARTS) is 1. The summed E-state index contributed by atoms with van der Waals surface area (Å²) in [4.78, 5) is 36.6. The third-order valence-corrected chi connectivity index (χ3v) is 8.14. The first-order valence-electron chi connectivity index (χ1n) is 19.3. The van der Waals surface area contributed by atoms with E-state index in [9.17, 15) is 19.5 Å². The summed E-state index contributed by atoms with van der Waals surface area (Å²) in [6.45, 7) is 4.42. The lowest BCUT2D eigenvalue weighted by Gasteiger charge is -2.34. The van der Waals surface area contributed by atoms with Crippen LogP contribution < -0.4 is 5.11 Å². The third-order valence-electron chi connectivity index (χ3n) is 8.14. The number of carbonyl (C=O) groups is 3. The number of likely N-dealkylation sites (N-methyl/N-ethyl adjacent to an activating group) is 1. The van der Waals surface area contributed by atoms with Gasteiger partial charge in [0.2, 0.25) is 0 Å². The van der Waals surface area contributed by atoms with Gasteiger partial charge in [0.05, 0.1) is 40.3 Å². The van der Waals surface area contributed by atoms with Crippen LogP contribution in [0.25, 0.3) is 0 Å². The molecule has 0 aromatic rings. The van der Waals surface area contributed by atoms with Gasteiger partial charge < -0.3 is 28.6 Å². The average Bonchev–Trinajstić information content (AvgIpc) is 3.06. The zero-order valence-electron chi connectivity index (χ0n) is 32.3. The van der Waals surface area contributed by atoms with E-state index in [1.165, 1.54) is 12.8 Å². The summed E-state index contributed by atoms with van der Waals surface area (Å²) in [7, 11) is 5.37. The molecule has 0 bridgehead atoms. The molecular formula is C42H71NO7. The Labute approximate surface area is 305 Å². The van der Waals surface area contributed by atoms with Gasteiger partial charge >= 0.3 is 11.9 Å². The van der Waals surface area contributed by atoms with E-state index in [-0.39, 0.29) is 49.1 Å². The van der Waals surface area contributed by atoms with Gasteiger partial charge in [-0.3, -0.25) is 9.59 Å². The SMILES string of the molecule is CC/C=C/C/C=C/C/C=C/C/C=C/CCCCCC(=O)OC(COCCC(C(=O)[O-])[N+](C)(C)C)COC(=O)CCCCCC/C=C/CCCC. The molecule has 0 N–H and O–H groups in total. The molecule has 0 saturated carbocycles. The summed E-state index contributed by atoms with van der Waals surface area (Å²) < 4.78 is 17.0. The minimum Gasteiger partial charge on any atom is -0.544 e. The molecule has 2 unspecified atom stereocenters. The lowest BCUT2D eigenvalue weighted by atomic mass is 10.1. The number of rotatable bonds is 33. The molecule has 0 heterocycles. The molecule has 0 aliphatic carbocycles. The normalized spacial score (nSPS) is 13.7. The summed E-state index contributed by atoms with van der Waals surface area (Å²) >= 11 is 0. The summed E-state index contributed by atoms with van der Waals surface area (Å²) in [5, 5.41) is 11.6. The van der Waals surface area contributed by atoms with Crippen LogP contribution in [0.15, 0.2) is 60.8 Å². The number of quaternary nitrogens is 1. The molecule has 0 fully saturated rings. The number of ether oxygens (including phenoxy) is 3. The van der Waals surface area contributed by atoms with Crippen molar-refractivity contribution in [2.75, 3.05) is 41.0 Å². The molecule has 8 nitrogen and oxygen atoms in total. The van der Waals surface area contributed by atoms with Gasteiger partial charge in [0.1, 0.15) is 12.6 Å². The summed E-state index contributed by atoms with van der Waals surface area (Å²) in [5.41, 5.74) is 0. The number of esters is 2. The second kappa shape index (κ2) is 33.2. The molecule has 2 atom stereocenters. The first-order chi connectivity index (χ1) is 24.1. The minimum atomic E-state index is -1.14. The van der Waals surface area contributed by atoms with Crippen LogP contribution in [0.5, 0.6) is 0 Å². The van der Waals surface area contributed by atoms with Crippen molar-refractivity contribution in [3.05, 3.63) is 60.8 Å². The fourth-order valence-electron chi connectivity index (χ4n) is 5.10. The van der Waals surface area contributed by atoms with Crippen LogP contribution in [0.2, 0.25) is 0 Å². The highest BCUT2D eigenvalue weighted by Gasteiger charge is 2.25. The van der Waals surface area contributed by atoms with Gasteiger partial charge in [-0.1, -0.05) is 107 Å². The van der Waals surface area contributed by atoms with Gasteiger partial charge in [-0.15, -0.1) is 0 Å². The number of carboxylic acids is 1. The Bertz CT molecular complexity index is 1010. The highest BCUT2D eigenvalue weighted by Crippen LogP contribution is 2.11. The van der Waals surface area contributed by atoms with Crippen molar-refractivity contribution in [1.29, 1.82) is 0 Å². The van der Waals surface area contributed by atoms with Crippen molar-refractivity contribution in [3.8, 4) is 0 Å². The largest absolute Gasteiger partial charge is 0.544 e.